The highest BCUT2D eigenvalue weighted by molar-refractivity contribution is 6.30. The van der Waals surface area contributed by atoms with Crippen molar-refractivity contribution >= 4 is 11.6 Å². The zero-order chi connectivity index (χ0) is 17.1. The summed E-state index contributed by atoms with van der Waals surface area (Å²) in [5.74, 6) is 0. The van der Waals surface area contributed by atoms with Crippen molar-refractivity contribution in [2.75, 3.05) is 19.7 Å². The third kappa shape index (κ3) is 4.01. The fourth-order valence-corrected chi connectivity index (χ4v) is 3.41. The molecule has 130 valence electrons. The van der Waals surface area contributed by atoms with Gasteiger partial charge in [0, 0.05) is 42.6 Å². The summed E-state index contributed by atoms with van der Waals surface area (Å²) in [4.78, 5) is 2.32. The molecule has 0 saturated carbocycles. The number of rotatable bonds is 6. The molecule has 1 aliphatic heterocycles. The minimum Gasteiger partial charge on any atom is -0.389 e. The van der Waals surface area contributed by atoms with E-state index in [1.165, 1.54) is 5.69 Å². The van der Waals surface area contributed by atoms with E-state index in [-0.39, 0.29) is 6.10 Å². The van der Waals surface area contributed by atoms with Crippen LogP contribution in [0.15, 0.2) is 42.6 Å². The van der Waals surface area contributed by atoms with Crippen LogP contribution in [0, 0.1) is 0 Å². The first kappa shape index (κ1) is 17.5. The van der Waals surface area contributed by atoms with Gasteiger partial charge in [0.1, 0.15) is 0 Å². The molecule has 0 saturated heterocycles. The number of aromatic nitrogens is 1. The number of β-amino-alcohol motifs (C(OH)–C–C–N with tert-alkyl or cyclic N) is 1. The maximum absolute atomic E-state index is 10.4. The van der Waals surface area contributed by atoms with Gasteiger partial charge in [0.15, 0.2) is 0 Å². The standard InChI is InChI=1S/C19H25ClN2O2/c1-14-19-4-3-9-21(19)10-11-22(14)12-18(23)13-24-15(2)16-5-7-17(20)8-6-16/h3-9,14-15,18,23H,10-13H2,1-2H3/t14-,15+,18-/m1/s1. The van der Waals surface area contributed by atoms with Crippen molar-refractivity contribution in [2.24, 2.45) is 0 Å². The third-order valence-electron chi connectivity index (χ3n) is 4.79. The molecular formula is C19H25ClN2O2. The molecule has 0 unspecified atom stereocenters. The first-order chi connectivity index (χ1) is 11.5. The van der Waals surface area contributed by atoms with Gasteiger partial charge in [0.25, 0.3) is 0 Å². The average Bonchev–Trinajstić information content (AvgIpc) is 3.05. The van der Waals surface area contributed by atoms with Gasteiger partial charge in [-0.25, -0.2) is 0 Å². The molecule has 0 fully saturated rings. The minimum absolute atomic E-state index is 0.0621. The lowest BCUT2D eigenvalue weighted by Crippen LogP contribution is -2.42. The van der Waals surface area contributed by atoms with Crippen molar-refractivity contribution in [3.05, 3.63) is 58.9 Å². The van der Waals surface area contributed by atoms with E-state index in [4.69, 9.17) is 16.3 Å². The van der Waals surface area contributed by atoms with Gasteiger partial charge in [-0.1, -0.05) is 23.7 Å². The molecule has 0 spiro atoms. The maximum atomic E-state index is 10.4. The van der Waals surface area contributed by atoms with E-state index >= 15 is 0 Å². The Morgan fingerprint density at radius 2 is 2.00 bits per heavy atom. The molecule has 0 amide bonds. The highest BCUT2D eigenvalue weighted by Crippen LogP contribution is 2.25. The quantitative estimate of drug-likeness (QED) is 0.865. The molecule has 5 heteroatoms. The van der Waals surface area contributed by atoms with E-state index in [1.54, 1.807) is 0 Å². The van der Waals surface area contributed by atoms with Crippen molar-refractivity contribution in [3.63, 3.8) is 0 Å². The molecular weight excluding hydrogens is 324 g/mol. The number of ether oxygens (including phenoxy) is 1. The van der Waals surface area contributed by atoms with Crippen LogP contribution in [0.5, 0.6) is 0 Å². The number of fused-ring (bicyclic) bond motifs is 1. The summed E-state index contributed by atoms with van der Waals surface area (Å²) in [6.07, 6.45) is 1.56. The second-order valence-corrected chi connectivity index (χ2v) is 6.91. The van der Waals surface area contributed by atoms with Gasteiger partial charge in [-0.2, -0.15) is 0 Å². The third-order valence-corrected chi connectivity index (χ3v) is 5.04. The van der Waals surface area contributed by atoms with Crippen LogP contribution in [0.3, 0.4) is 0 Å². The number of halogens is 1. The predicted molar refractivity (Wildman–Crippen MR) is 96.2 cm³/mol. The number of nitrogens with zero attached hydrogens (tertiary/aromatic N) is 2. The summed E-state index contributed by atoms with van der Waals surface area (Å²) in [7, 11) is 0. The summed E-state index contributed by atoms with van der Waals surface area (Å²) in [5, 5.41) is 11.1. The lowest BCUT2D eigenvalue weighted by Gasteiger charge is -2.36. The SMILES string of the molecule is C[C@H](OC[C@H](O)CN1CCn2cccc2[C@H]1C)c1ccc(Cl)cc1. The normalized spacial score (nSPS) is 20.6. The number of hydrogen-bond donors (Lipinski definition) is 1. The second-order valence-electron chi connectivity index (χ2n) is 6.48. The first-order valence-electron chi connectivity index (χ1n) is 8.49. The fourth-order valence-electron chi connectivity index (χ4n) is 3.29. The lowest BCUT2D eigenvalue weighted by molar-refractivity contribution is -0.0230. The predicted octanol–water partition coefficient (Wildman–Crippen LogP) is 3.66. The van der Waals surface area contributed by atoms with Crippen molar-refractivity contribution in [1.29, 1.82) is 0 Å². The Labute approximate surface area is 148 Å². The van der Waals surface area contributed by atoms with Crippen LogP contribution in [0.1, 0.15) is 37.3 Å². The van der Waals surface area contributed by atoms with Crippen molar-refractivity contribution < 1.29 is 9.84 Å². The molecule has 0 aliphatic carbocycles. The van der Waals surface area contributed by atoms with Gasteiger partial charge in [-0.3, -0.25) is 4.90 Å². The first-order valence-corrected chi connectivity index (χ1v) is 8.86. The van der Waals surface area contributed by atoms with Crippen LogP contribution >= 0.6 is 11.6 Å². The molecule has 2 aromatic rings. The molecule has 0 bridgehead atoms. The molecule has 24 heavy (non-hydrogen) atoms. The topological polar surface area (TPSA) is 37.6 Å². The fraction of sp³-hybridized carbons (Fsp3) is 0.474. The van der Waals surface area contributed by atoms with Crippen LogP contribution in [0.2, 0.25) is 5.02 Å². The smallest absolute Gasteiger partial charge is 0.0900 e. The molecule has 3 atom stereocenters. The number of hydrogen-bond acceptors (Lipinski definition) is 3. The highest BCUT2D eigenvalue weighted by atomic mass is 35.5. The molecule has 1 aromatic heterocycles. The van der Waals surface area contributed by atoms with Crippen molar-refractivity contribution in [2.45, 2.75) is 38.6 Å². The van der Waals surface area contributed by atoms with E-state index in [0.29, 0.717) is 19.2 Å². The molecule has 1 N–H and O–H groups in total. The molecule has 0 radical (unpaired) electrons. The summed E-state index contributed by atoms with van der Waals surface area (Å²) >= 11 is 5.91. The van der Waals surface area contributed by atoms with Gasteiger partial charge in [0.05, 0.1) is 18.8 Å². The van der Waals surface area contributed by atoms with Crippen LogP contribution in [0.4, 0.5) is 0 Å². The largest absolute Gasteiger partial charge is 0.389 e. The molecule has 1 aromatic carbocycles. The molecule has 1 aliphatic rings. The van der Waals surface area contributed by atoms with Gasteiger partial charge in [-0.15, -0.1) is 0 Å². The van der Waals surface area contributed by atoms with Gasteiger partial charge in [0.2, 0.25) is 0 Å². The Morgan fingerprint density at radius 1 is 1.25 bits per heavy atom. The Balaban J connectivity index is 1.49. The Kier molecular flexibility index (Phi) is 5.61. The summed E-state index contributed by atoms with van der Waals surface area (Å²) in [5.41, 5.74) is 2.37. The van der Waals surface area contributed by atoms with E-state index < -0.39 is 6.10 Å². The van der Waals surface area contributed by atoms with Crippen LogP contribution in [0.25, 0.3) is 0 Å². The van der Waals surface area contributed by atoms with Crippen LogP contribution < -0.4 is 0 Å². The molecule has 4 nitrogen and oxygen atoms in total. The minimum atomic E-state index is -0.497. The Hall–Kier alpha value is -1.33. The maximum Gasteiger partial charge on any atom is 0.0900 e. The number of benzene rings is 1. The van der Waals surface area contributed by atoms with E-state index in [1.807, 2.05) is 31.2 Å². The molecule has 2 heterocycles. The summed E-state index contributed by atoms with van der Waals surface area (Å²) in [6.45, 7) is 7.06. The zero-order valence-corrected chi connectivity index (χ0v) is 15.0. The average molecular weight is 349 g/mol. The zero-order valence-electron chi connectivity index (χ0n) is 14.2. The Bertz CT molecular complexity index is 656. The number of aliphatic hydroxyl groups excluding tert-OH is 1. The highest BCUT2D eigenvalue weighted by Gasteiger charge is 2.25. The monoisotopic (exact) mass is 348 g/mol. The molecule has 3 rings (SSSR count). The van der Waals surface area contributed by atoms with Crippen LogP contribution in [-0.2, 0) is 11.3 Å². The summed E-state index contributed by atoms with van der Waals surface area (Å²) < 4.78 is 8.12. The van der Waals surface area contributed by atoms with Gasteiger partial charge >= 0.3 is 0 Å². The van der Waals surface area contributed by atoms with Gasteiger partial charge < -0.3 is 14.4 Å². The van der Waals surface area contributed by atoms with Crippen molar-refractivity contribution in [3.8, 4) is 0 Å². The van der Waals surface area contributed by atoms with Gasteiger partial charge in [-0.05, 0) is 43.7 Å². The second kappa shape index (κ2) is 7.70. The van der Waals surface area contributed by atoms with E-state index in [0.717, 1.165) is 23.7 Å². The lowest BCUT2D eigenvalue weighted by atomic mass is 10.1. The van der Waals surface area contributed by atoms with E-state index in [9.17, 15) is 5.11 Å². The van der Waals surface area contributed by atoms with E-state index in [2.05, 4.69) is 34.7 Å². The number of aliphatic hydroxyl groups is 1. The summed E-state index contributed by atoms with van der Waals surface area (Å²) in [6, 6.07) is 12.2. The van der Waals surface area contributed by atoms with Crippen LogP contribution in [-0.4, -0.2) is 40.4 Å². The van der Waals surface area contributed by atoms with Crippen molar-refractivity contribution in [1.82, 2.24) is 9.47 Å². The Morgan fingerprint density at radius 3 is 2.75 bits per heavy atom.